The Bertz CT molecular complexity index is 2640. The average Bonchev–Trinajstić information content (AvgIpc) is 3.29. The van der Waals surface area contributed by atoms with E-state index in [0.717, 1.165) is 55.9 Å². The third-order valence-corrected chi connectivity index (χ3v) is 10.7. The Kier molecular flexibility index (Phi) is 11.3. The predicted octanol–water partition coefficient (Wildman–Crippen LogP) is 12.8. The van der Waals surface area contributed by atoms with E-state index < -0.39 is 12.7 Å². The van der Waals surface area contributed by atoms with Crippen molar-refractivity contribution in [3.63, 3.8) is 0 Å². The summed E-state index contributed by atoms with van der Waals surface area (Å²) < 4.78 is 38.0. The Morgan fingerprint density at radius 1 is 0.475 bits per heavy atom. The van der Waals surface area contributed by atoms with Gasteiger partial charge in [0.1, 0.15) is 0 Å². The van der Waals surface area contributed by atoms with E-state index in [4.69, 9.17) is 9.97 Å². The van der Waals surface area contributed by atoms with Gasteiger partial charge in [0.05, 0.1) is 0 Å². The second kappa shape index (κ2) is 18.4. The number of nitrogens with zero attached hydrogens (tertiary/aromatic N) is 3. The Balaban J connectivity index is 0.00000595. The summed E-state index contributed by atoms with van der Waals surface area (Å²) in [6, 6.07) is 58.4. The van der Waals surface area contributed by atoms with Gasteiger partial charge in [-0.05, 0) is 92.1 Å². The van der Waals surface area contributed by atoms with Crippen LogP contribution in [0.3, 0.4) is 0 Å². The zero-order valence-electron chi connectivity index (χ0n) is 37.8. The van der Waals surface area contributed by atoms with Crippen molar-refractivity contribution in [2.45, 2.75) is 64.1 Å². The number of aryl methyl sites for hydroxylation is 2. The molecule has 59 heavy (non-hydrogen) atoms. The molecule has 8 aromatic rings. The molecule has 0 atom stereocenters. The van der Waals surface area contributed by atoms with Gasteiger partial charge in [0.15, 0.2) is 0 Å². The van der Waals surface area contributed by atoms with Gasteiger partial charge >= 0.3 is 20.1 Å². The maximum absolute atomic E-state index is 9.58. The molecule has 0 spiro atoms. The van der Waals surface area contributed by atoms with Gasteiger partial charge in [-0.15, -0.1) is 107 Å². The number of hydrogen-bond donors (Lipinski definition) is 0. The van der Waals surface area contributed by atoms with E-state index >= 15 is 0 Å². The number of aromatic nitrogens is 3. The number of rotatable bonds is 13. The van der Waals surface area contributed by atoms with Gasteiger partial charge in [0, 0.05) is 24.1 Å². The van der Waals surface area contributed by atoms with Crippen LogP contribution in [-0.4, -0.2) is 15.0 Å². The van der Waals surface area contributed by atoms with Crippen LogP contribution in [0.5, 0.6) is 0 Å². The Labute approximate surface area is 369 Å². The monoisotopic (exact) mass is 947 g/mol. The van der Waals surface area contributed by atoms with Crippen molar-refractivity contribution in [3.8, 4) is 44.9 Å². The maximum Gasteiger partial charge on any atom is 3.00 e. The molecule has 3 heterocycles. The SMILES string of the molecule is [2H]C([2H])(c1c[c-]c(-c2cc(-c3ccccc3)ccn2)cc1)C([2H])([2H])c1cc(CC(C)(C)c2ccc(-c3[c-]cccc3)nc2)cc(CC(C)(C)c2ccc(-c3[c-]cccc3)nc2)c1.[Ir+3]. The largest absolute Gasteiger partial charge is 3.00 e. The number of hydrogen-bond acceptors (Lipinski definition) is 3. The van der Waals surface area contributed by atoms with E-state index in [0.29, 0.717) is 24.1 Å². The molecule has 292 valence electrons. The molecule has 4 heteroatoms. The number of benzene rings is 5. The van der Waals surface area contributed by atoms with Crippen LogP contribution in [0.1, 0.15) is 66.6 Å². The number of pyridine rings is 3. The van der Waals surface area contributed by atoms with Gasteiger partial charge in [-0.3, -0.25) is 0 Å². The van der Waals surface area contributed by atoms with E-state index in [2.05, 4.69) is 69.1 Å². The summed E-state index contributed by atoms with van der Waals surface area (Å²) in [5.41, 5.74) is 10.7. The fourth-order valence-corrected chi connectivity index (χ4v) is 7.47. The molecule has 0 bridgehead atoms. The summed E-state index contributed by atoms with van der Waals surface area (Å²) in [4.78, 5) is 14.2. The minimum absolute atomic E-state index is 0. The molecule has 0 aliphatic rings. The average molecular weight is 947 g/mol. The van der Waals surface area contributed by atoms with Crippen LogP contribution in [0.2, 0.25) is 0 Å². The summed E-state index contributed by atoms with van der Waals surface area (Å²) in [6.07, 6.45) is 1.91. The second-order valence-corrected chi connectivity index (χ2v) is 16.1. The molecule has 3 aromatic heterocycles. The predicted molar refractivity (Wildman–Crippen MR) is 238 cm³/mol. The van der Waals surface area contributed by atoms with Crippen LogP contribution in [0.4, 0.5) is 0 Å². The normalized spacial score (nSPS) is 13.0. The molecule has 0 N–H and O–H groups in total. The molecule has 5 aromatic carbocycles. The van der Waals surface area contributed by atoms with Crippen molar-refractivity contribution in [1.82, 2.24) is 15.0 Å². The zero-order valence-corrected chi connectivity index (χ0v) is 36.2. The molecule has 0 aliphatic carbocycles. The van der Waals surface area contributed by atoms with Gasteiger partial charge in [-0.25, -0.2) is 0 Å². The van der Waals surface area contributed by atoms with E-state index in [1.807, 2.05) is 128 Å². The van der Waals surface area contributed by atoms with Crippen molar-refractivity contribution in [2.75, 3.05) is 0 Å². The summed E-state index contributed by atoms with van der Waals surface area (Å²) in [5.74, 6) is 0. The molecule has 0 fully saturated rings. The van der Waals surface area contributed by atoms with Crippen LogP contribution in [-0.2, 0) is 56.5 Å². The Morgan fingerprint density at radius 3 is 1.53 bits per heavy atom. The van der Waals surface area contributed by atoms with Gasteiger partial charge in [-0.1, -0.05) is 113 Å². The standard InChI is InChI=1S/C55H48N3.Ir/c1-54(2,49-26-28-51(57-38-49)45-16-10-6-11-17-45)36-42-32-41(33-43(34-42)37-55(3,4)50-27-29-52(58-39-50)46-18-12-7-13-19-46)21-20-40-22-24-47(25-23-40)53-35-48(30-31-56-53)44-14-8-5-9-15-44;/h5-16,18,22-24,26-35,38-39H,20-21,36-37H2,1-4H3;/q-3;+3/i20D2,21D2;. The maximum atomic E-state index is 9.58. The molecular formula is C55H48IrN3. The third kappa shape index (κ3) is 10.3. The molecule has 0 radical (unpaired) electrons. The molecule has 3 nitrogen and oxygen atoms in total. The summed E-state index contributed by atoms with van der Waals surface area (Å²) in [5, 5.41) is 0. The summed E-state index contributed by atoms with van der Waals surface area (Å²) in [7, 11) is 0. The van der Waals surface area contributed by atoms with E-state index in [1.165, 1.54) is 0 Å². The third-order valence-electron chi connectivity index (χ3n) is 10.7. The van der Waals surface area contributed by atoms with Crippen molar-refractivity contribution in [1.29, 1.82) is 0 Å². The fourth-order valence-electron chi connectivity index (χ4n) is 7.47. The summed E-state index contributed by atoms with van der Waals surface area (Å²) >= 11 is 0. The van der Waals surface area contributed by atoms with Gasteiger partial charge < -0.3 is 15.0 Å². The van der Waals surface area contributed by atoms with Crippen LogP contribution < -0.4 is 0 Å². The molecule has 0 saturated carbocycles. The quantitative estimate of drug-likeness (QED) is 0.108. The molecule has 0 aliphatic heterocycles. The Hall–Kier alpha value is -5.80. The topological polar surface area (TPSA) is 38.7 Å². The van der Waals surface area contributed by atoms with E-state index in [1.54, 1.807) is 24.4 Å². The van der Waals surface area contributed by atoms with Gasteiger partial charge in [-0.2, -0.15) is 0 Å². The van der Waals surface area contributed by atoms with E-state index in [-0.39, 0.29) is 42.1 Å². The molecular weight excluding hydrogens is 895 g/mol. The minimum Gasteiger partial charge on any atom is -0.305 e. The fraction of sp³-hybridized carbons (Fsp3) is 0.182. The van der Waals surface area contributed by atoms with E-state index in [9.17, 15) is 5.48 Å². The first-order valence-electron chi connectivity index (χ1n) is 21.7. The summed E-state index contributed by atoms with van der Waals surface area (Å²) in [6.45, 7) is 8.67. The van der Waals surface area contributed by atoms with Crippen LogP contribution >= 0.6 is 0 Å². The van der Waals surface area contributed by atoms with Crippen molar-refractivity contribution >= 4 is 0 Å². The zero-order chi connectivity index (χ0) is 43.5. The second-order valence-electron chi connectivity index (χ2n) is 16.1. The first-order chi connectivity index (χ1) is 29.7. The van der Waals surface area contributed by atoms with Crippen molar-refractivity contribution in [2.24, 2.45) is 0 Å². The van der Waals surface area contributed by atoms with Gasteiger partial charge in [0.2, 0.25) is 0 Å². The first kappa shape index (κ1) is 36.3. The minimum atomic E-state index is -2.42. The molecule has 0 saturated heterocycles. The first-order valence-corrected chi connectivity index (χ1v) is 19.7. The molecule has 0 amide bonds. The smallest absolute Gasteiger partial charge is 0.305 e. The van der Waals surface area contributed by atoms with Gasteiger partial charge in [0.25, 0.3) is 0 Å². The Morgan fingerprint density at radius 2 is 1.02 bits per heavy atom. The van der Waals surface area contributed by atoms with Crippen LogP contribution in [0, 0.1) is 18.2 Å². The molecule has 0 unspecified atom stereocenters. The van der Waals surface area contributed by atoms with Crippen molar-refractivity contribution < 1.29 is 25.6 Å². The van der Waals surface area contributed by atoms with Crippen molar-refractivity contribution in [3.05, 3.63) is 222 Å². The van der Waals surface area contributed by atoms with Crippen LogP contribution in [0.15, 0.2) is 170 Å². The van der Waals surface area contributed by atoms with Crippen LogP contribution in [0.25, 0.3) is 44.9 Å². The molecule has 8 rings (SSSR count).